The Labute approximate surface area is 106 Å². The van der Waals surface area contributed by atoms with Gasteiger partial charge in [-0.1, -0.05) is 25.0 Å². The topological polar surface area (TPSA) is 57.6 Å². The van der Waals surface area contributed by atoms with E-state index in [2.05, 4.69) is 0 Å². The van der Waals surface area contributed by atoms with E-state index >= 15 is 0 Å². The van der Waals surface area contributed by atoms with Crippen molar-refractivity contribution in [3.8, 4) is 0 Å². The standard InChI is InChI=1S/C14H17NO3/c16-10-6-2-1-5-9-15-12-8-4-3-7-11(12)13(17)14(15)18/h3-4,7-8,16H,1-2,5-6,9-10H2. The summed E-state index contributed by atoms with van der Waals surface area (Å²) in [5, 5.41) is 8.67. The number of rotatable bonds is 6. The minimum Gasteiger partial charge on any atom is -0.396 e. The van der Waals surface area contributed by atoms with Gasteiger partial charge in [-0.15, -0.1) is 0 Å². The van der Waals surface area contributed by atoms with Crippen molar-refractivity contribution in [3.63, 3.8) is 0 Å². The van der Waals surface area contributed by atoms with Gasteiger partial charge in [0.1, 0.15) is 0 Å². The van der Waals surface area contributed by atoms with Crippen LogP contribution in [0.25, 0.3) is 0 Å². The Morgan fingerprint density at radius 3 is 2.50 bits per heavy atom. The van der Waals surface area contributed by atoms with Crippen molar-refractivity contribution < 1.29 is 14.7 Å². The number of carbonyl (C=O) groups excluding carboxylic acids is 2. The van der Waals surface area contributed by atoms with Crippen LogP contribution in [-0.2, 0) is 4.79 Å². The lowest BCUT2D eigenvalue weighted by Gasteiger charge is -2.15. The Balaban J connectivity index is 1.97. The summed E-state index contributed by atoms with van der Waals surface area (Å²) in [7, 11) is 0. The molecule has 1 aliphatic rings. The molecule has 0 fully saturated rings. The summed E-state index contributed by atoms with van der Waals surface area (Å²) in [5.41, 5.74) is 1.24. The molecule has 4 nitrogen and oxygen atoms in total. The zero-order valence-electron chi connectivity index (χ0n) is 10.3. The summed E-state index contributed by atoms with van der Waals surface area (Å²) < 4.78 is 0. The van der Waals surface area contributed by atoms with Crippen molar-refractivity contribution in [3.05, 3.63) is 29.8 Å². The van der Waals surface area contributed by atoms with E-state index in [-0.39, 0.29) is 6.61 Å². The van der Waals surface area contributed by atoms with E-state index in [1.165, 1.54) is 0 Å². The smallest absolute Gasteiger partial charge is 0.299 e. The second-order valence-electron chi connectivity index (χ2n) is 4.44. The van der Waals surface area contributed by atoms with Crippen LogP contribution in [0, 0.1) is 0 Å². The molecule has 18 heavy (non-hydrogen) atoms. The van der Waals surface area contributed by atoms with Crippen molar-refractivity contribution >= 4 is 17.4 Å². The highest BCUT2D eigenvalue weighted by Gasteiger charge is 2.34. The zero-order valence-corrected chi connectivity index (χ0v) is 10.3. The largest absolute Gasteiger partial charge is 0.396 e. The molecule has 0 aromatic heterocycles. The number of para-hydroxylation sites is 1. The molecule has 1 N–H and O–H groups in total. The van der Waals surface area contributed by atoms with Gasteiger partial charge in [0.05, 0.1) is 11.3 Å². The van der Waals surface area contributed by atoms with Gasteiger partial charge in [0.2, 0.25) is 0 Å². The van der Waals surface area contributed by atoms with Gasteiger partial charge in [-0.2, -0.15) is 0 Å². The van der Waals surface area contributed by atoms with Crippen LogP contribution in [0.5, 0.6) is 0 Å². The lowest BCUT2D eigenvalue weighted by atomic mass is 10.1. The van der Waals surface area contributed by atoms with Gasteiger partial charge in [-0.05, 0) is 25.0 Å². The fourth-order valence-electron chi connectivity index (χ4n) is 2.21. The van der Waals surface area contributed by atoms with E-state index in [0.717, 1.165) is 31.4 Å². The van der Waals surface area contributed by atoms with E-state index in [0.29, 0.717) is 12.1 Å². The van der Waals surface area contributed by atoms with E-state index in [4.69, 9.17) is 5.11 Å². The molecule has 2 rings (SSSR count). The molecule has 1 amide bonds. The molecule has 4 heteroatoms. The number of hydrogen-bond acceptors (Lipinski definition) is 3. The van der Waals surface area contributed by atoms with Crippen LogP contribution in [-0.4, -0.2) is 29.9 Å². The zero-order chi connectivity index (χ0) is 13.0. The van der Waals surface area contributed by atoms with Gasteiger partial charge in [-0.25, -0.2) is 0 Å². The SMILES string of the molecule is O=C1C(=O)N(CCCCCCO)c2ccccc21. The molecule has 1 aromatic rings. The van der Waals surface area contributed by atoms with Gasteiger partial charge in [0.25, 0.3) is 11.7 Å². The van der Waals surface area contributed by atoms with Gasteiger partial charge in [0.15, 0.2) is 0 Å². The summed E-state index contributed by atoms with van der Waals surface area (Å²) in [6.45, 7) is 0.789. The van der Waals surface area contributed by atoms with Crippen LogP contribution >= 0.6 is 0 Å². The number of anilines is 1. The Morgan fingerprint density at radius 1 is 1.00 bits per heavy atom. The highest BCUT2D eigenvalue weighted by Crippen LogP contribution is 2.28. The van der Waals surface area contributed by atoms with Crippen LogP contribution in [0.2, 0.25) is 0 Å². The molecular weight excluding hydrogens is 230 g/mol. The third-order valence-corrected chi connectivity index (χ3v) is 3.17. The number of amides is 1. The molecule has 1 aromatic carbocycles. The van der Waals surface area contributed by atoms with Crippen molar-refractivity contribution in [1.29, 1.82) is 0 Å². The van der Waals surface area contributed by atoms with Crippen LogP contribution in [0.15, 0.2) is 24.3 Å². The maximum absolute atomic E-state index is 11.8. The summed E-state index contributed by atoms with van der Waals surface area (Å²) in [4.78, 5) is 25.1. The molecule has 0 radical (unpaired) electrons. The van der Waals surface area contributed by atoms with Gasteiger partial charge in [-0.3, -0.25) is 9.59 Å². The van der Waals surface area contributed by atoms with Crippen LogP contribution in [0.1, 0.15) is 36.0 Å². The number of ketones is 1. The first-order valence-electron chi connectivity index (χ1n) is 6.32. The first-order chi connectivity index (χ1) is 8.75. The number of hydrogen-bond donors (Lipinski definition) is 1. The number of aliphatic hydroxyl groups excluding tert-OH is 1. The van der Waals surface area contributed by atoms with E-state index < -0.39 is 11.7 Å². The molecule has 0 spiro atoms. The van der Waals surface area contributed by atoms with Crippen molar-refractivity contribution in [1.82, 2.24) is 0 Å². The molecule has 0 bridgehead atoms. The Bertz CT molecular complexity index is 456. The maximum atomic E-state index is 11.8. The minimum absolute atomic E-state index is 0.212. The average molecular weight is 247 g/mol. The normalized spacial score (nSPS) is 14.2. The Kier molecular flexibility index (Phi) is 4.10. The monoisotopic (exact) mass is 247 g/mol. The number of fused-ring (bicyclic) bond motifs is 1. The molecular formula is C14H17NO3. The van der Waals surface area contributed by atoms with E-state index in [1.807, 2.05) is 12.1 Å². The molecule has 0 aliphatic carbocycles. The van der Waals surface area contributed by atoms with Gasteiger partial charge in [0, 0.05) is 13.2 Å². The molecule has 96 valence electrons. The molecule has 0 atom stereocenters. The quantitative estimate of drug-likeness (QED) is 0.615. The first kappa shape index (κ1) is 12.8. The number of Topliss-reactive ketones (excluding diaryl/α,β-unsaturated/α-hetero) is 1. The molecule has 0 unspecified atom stereocenters. The van der Waals surface area contributed by atoms with Crippen LogP contribution < -0.4 is 4.90 Å². The second-order valence-corrected chi connectivity index (χ2v) is 4.44. The fraction of sp³-hybridized carbons (Fsp3) is 0.429. The number of benzene rings is 1. The molecule has 0 saturated heterocycles. The van der Waals surface area contributed by atoms with E-state index in [9.17, 15) is 9.59 Å². The van der Waals surface area contributed by atoms with Crippen LogP contribution in [0.4, 0.5) is 5.69 Å². The number of aliphatic hydroxyl groups is 1. The maximum Gasteiger partial charge on any atom is 0.299 e. The Hall–Kier alpha value is -1.68. The second kappa shape index (κ2) is 5.78. The number of nitrogens with zero attached hydrogens (tertiary/aromatic N) is 1. The summed E-state index contributed by atoms with van der Waals surface area (Å²) in [5.74, 6) is -0.820. The Morgan fingerprint density at radius 2 is 1.72 bits per heavy atom. The van der Waals surface area contributed by atoms with Gasteiger partial charge < -0.3 is 10.0 Å². The predicted octanol–water partition coefficient (Wildman–Crippen LogP) is 1.77. The summed E-state index contributed by atoms with van der Waals surface area (Å²) in [6, 6.07) is 7.12. The third-order valence-electron chi connectivity index (χ3n) is 3.17. The average Bonchev–Trinajstić information content (AvgIpc) is 2.64. The highest BCUT2D eigenvalue weighted by atomic mass is 16.3. The minimum atomic E-state index is -0.418. The lowest BCUT2D eigenvalue weighted by molar-refractivity contribution is -0.114. The van der Waals surface area contributed by atoms with Crippen molar-refractivity contribution in [2.24, 2.45) is 0 Å². The number of unbranched alkanes of at least 4 members (excludes halogenated alkanes) is 3. The first-order valence-corrected chi connectivity index (χ1v) is 6.32. The third kappa shape index (κ3) is 2.43. The highest BCUT2D eigenvalue weighted by molar-refractivity contribution is 6.52. The lowest BCUT2D eigenvalue weighted by Crippen LogP contribution is -2.30. The van der Waals surface area contributed by atoms with E-state index in [1.54, 1.807) is 17.0 Å². The molecule has 0 saturated carbocycles. The van der Waals surface area contributed by atoms with Crippen LogP contribution in [0.3, 0.4) is 0 Å². The predicted molar refractivity (Wildman–Crippen MR) is 68.7 cm³/mol. The summed E-state index contributed by atoms with van der Waals surface area (Å²) in [6.07, 6.45) is 3.56. The van der Waals surface area contributed by atoms with Crippen molar-refractivity contribution in [2.45, 2.75) is 25.7 Å². The summed E-state index contributed by atoms with van der Waals surface area (Å²) >= 11 is 0. The number of carbonyl (C=O) groups is 2. The molecule has 1 aliphatic heterocycles. The fourth-order valence-corrected chi connectivity index (χ4v) is 2.21. The molecule has 1 heterocycles. The van der Waals surface area contributed by atoms with Gasteiger partial charge >= 0.3 is 0 Å². The van der Waals surface area contributed by atoms with Crippen molar-refractivity contribution in [2.75, 3.05) is 18.1 Å².